The van der Waals surface area contributed by atoms with Crippen LogP contribution in [0.5, 0.6) is 10.8 Å². The van der Waals surface area contributed by atoms with Gasteiger partial charge < -0.3 is 15.4 Å². The number of carbonyl (C=O) groups is 1. The standard InChI is InChI=1S/C19H23N3O2S/c20-17(23)19(9-4-10-19)18-21-13-16(25-18)24-15-7-5-14(6-8-15)22-11-2-1-3-12-22/h5-8,13H,1-4,9-12H2,(H2,20,23). The minimum Gasteiger partial charge on any atom is -0.445 e. The molecule has 0 spiro atoms. The van der Waals surface area contributed by atoms with Crippen molar-refractivity contribution in [1.29, 1.82) is 0 Å². The van der Waals surface area contributed by atoms with Gasteiger partial charge in [0.1, 0.15) is 16.2 Å². The van der Waals surface area contributed by atoms with E-state index in [4.69, 9.17) is 10.5 Å². The molecule has 5 nitrogen and oxygen atoms in total. The molecule has 1 aliphatic heterocycles. The fourth-order valence-corrected chi connectivity index (χ4v) is 4.66. The van der Waals surface area contributed by atoms with Crippen molar-refractivity contribution in [1.82, 2.24) is 4.98 Å². The number of piperidine rings is 1. The number of thiazole rings is 1. The molecular weight excluding hydrogens is 334 g/mol. The fourth-order valence-electron chi connectivity index (χ4n) is 3.62. The normalized spacial score (nSPS) is 19.3. The lowest BCUT2D eigenvalue weighted by atomic mass is 9.69. The van der Waals surface area contributed by atoms with Gasteiger partial charge in [0.25, 0.3) is 0 Å². The SMILES string of the molecule is NC(=O)C1(c2ncc(Oc3ccc(N4CCCCC4)cc3)s2)CCC1. The van der Waals surface area contributed by atoms with Crippen LogP contribution in [0.15, 0.2) is 30.5 Å². The van der Waals surface area contributed by atoms with Crippen LogP contribution in [-0.2, 0) is 10.2 Å². The summed E-state index contributed by atoms with van der Waals surface area (Å²) in [6.07, 6.45) is 8.17. The number of nitrogens with zero attached hydrogens (tertiary/aromatic N) is 2. The predicted octanol–water partition coefficient (Wildman–Crippen LogP) is 3.83. The molecule has 1 aromatic carbocycles. The molecule has 2 fully saturated rings. The van der Waals surface area contributed by atoms with Crippen molar-refractivity contribution in [3.05, 3.63) is 35.5 Å². The molecule has 132 valence electrons. The second kappa shape index (κ2) is 6.67. The molecule has 25 heavy (non-hydrogen) atoms. The van der Waals surface area contributed by atoms with Crippen molar-refractivity contribution in [2.45, 2.75) is 43.9 Å². The lowest BCUT2D eigenvalue weighted by Gasteiger charge is -2.36. The largest absolute Gasteiger partial charge is 0.445 e. The molecule has 0 bridgehead atoms. The molecule has 1 saturated carbocycles. The average Bonchev–Trinajstić information content (AvgIpc) is 3.03. The van der Waals surface area contributed by atoms with Crippen LogP contribution >= 0.6 is 11.3 Å². The number of anilines is 1. The van der Waals surface area contributed by atoms with E-state index >= 15 is 0 Å². The van der Waals surface area contributed by atoms with Crippen molar-refractivity contribution in [2.75, 3.05) is 18.0 Å². The Morgan fingerprint density at radius 2 is 1.84 bits per heavy atom. The van der Waals surface area contributed by atoms with Crippen molar-refractivity contribution in [3.8, 4) is 10.8 Å². The first-order valence-corrected chi connectivity index (χ1v) is 9.78. The molecule has 0 unspecified atom stereocenters. The van der Waals surface area contributed by atoms with E-state index in [2.05, 4.69) is 22.0 Å². The number of ether oxygens (including phenoxy) is 1. The smallest absolute Gasteiger partial charge is 0.230 e. The summed E-state index contributed by atoms with van der Waals surface area (Å²) < 4.78 is 5.93. The Morgan fingerprint density at radius 1 is 1.12 bits per heavy atom. The molecule has 1 aromatic heterocycles. The Labute approximate surface area is 151 Å². The molecular formula is C19H23N3O2S. The highest BCUT2D eigenvalue weighted by atomic mass is 32.1. The van der Waals surface area contributed by atoms with Crippen molar-refractivity contribution in [3.63, 3.8) is 0 Å². The van der Waals surface area contributed by atoms with E-state index in [-0.39, 0.29) is 5.91 Å². The van der Waals surface area contributed by atoms with Crippen LogP contribution in [0.4, 0.5) is 5.69 Å². The molecule has 2 aliphatic rings. The maximum atomic E-state index is 11.8. The second-order valence-corrected chi connectivity index (χ2v) is 7.92. The van der Waals surface area contributed by atoms with Crippen molar-refractivity contribution < 1.29 is 9.53 Å². The topological polar surface area (TPSA) is 68.5 Å². The number of aromatic nitrogens is 1. The molecule has 2 heterocycles. The van der Waals surface area contributed by atoms with E-state index in [9.17, 15) is 4.79 Å². The third-order valence-corrected chi connectivity index (χ3v) is 6.43. The molecule has 1 amide bonds. The Hall–Kier alpha value is -2.08. The minimum absolute atomic E-state index is 0.273. The third-order valence-electron chi connectivity index (χ3n) is 5.35. The van der Waals surface area contributed by atoms with Crippen LogP contribution in [0.2, 0.25) is 0 Å². The summed E-state index contributed by atoms with van der Waals surface area (Å²) in [5, 5.41) is 1.49. The van der Waals surface area contributed by atoms with Gasteiger partial charge in [-0.05, 0) is 56.4 Å². The summed E-state index contributed by atoms with van der Waals surface area (Å²) in [6, 6.07) is 8.21. The highest BCUT2D eigenvalue weighted by Gasteiger charge is 2.46. The fraction of sp³-hybridized carbons (Fsp3) is 0.474. The molecule has 0 atom stereocenters. The summed E-state index contributed by atoms with van der Waals surface area (Å²) in [7, 11) is 0. The van der Waals surface area contributed by atoms with E-state index in [1.807, 2.05) is 12.1 Å². The highest BCUT2D eigenvalue weighted by molar-refractivity contribution is 7.13. The van der Waals surface area contributed by atoms with E-state index < -0.39 is 5.41 Å². The van der Waals surface area contributed by atoms with Crippen LogP contribution in [0.25, 0.3) is 0 Å². The van der Waals surface area contributed by atoms with Gasteiger partial charge in [-0.3, -0.25) is 4.79 Å². The van der Waals surface area contributed by atoms with Gasteiger partial charge in [-0.2, -0.15) is 0 Å². The summed E-state index contributed by atoms with van der Waals surface area (Å²) in [5.74, 6) is 0.517. The molecule has 1 aliphatic carbocycles. The Bertz CT molecular complexity index is 746. The monoisotopic (exact) mass is 357 g/mol. The lowest BCUT2D eigenvalue weighted by molar-refractivity contribution is -0.126. The van der Waals surface area contributed by atoms with E-state index in [0.717, 1.165) is 43.1 Å². The minimum atomic E-state index is -0.565. The van der Waals surface area contributed by atoms with E-state index in [0.29, 0.717) is 5.06 Å². The zero-order valence-corrected chi connectivity index (χ0v) is 15.1. The van der Waals surface area contributed by atoms with Crippen LogP contribution in [0.3, 0.4) is 0 Å². The number of amides is 1. The number of benzene rings is 1. The van der Waals surface area contributed by atoms with Gasteiger partial charge in [-0.1, -0.05) is 17.8 Å². The number of nitrogens with two attached hydrogens (primary N) is 1. The molecule has 0 radical (unpaired) electrons. The maximum absolute atomic E-state index is 11.8. The molecule has 4 rings (SSSR count). The Morgan fingerprint density at radius 3 is 2.44 bits per heavy atom. The molecule has 2 aromatic rings. The van der Waals surface area contributed by atoms with Gasteiger partial charge in [0, 0.05) is 18.8 Å². The highest BCUT2D eigenvalue weighted by Crippen LogP contribution is 2.46. The molecule has 1 saturated heterocycles. The van der Waals surface area contributed by atoms with Gasteiger partial charge in [-0.15, -0.1) is 0 Å². The van der Waals surface area contributed by atoms with Crippen LogP contribution in [0.1, 0.15) is 43.5 Å². The van der Waals surface area contributed by atoms with Gasteiger partial charge >= 0.3 is 0 Å². The summed E-state index contributed by atoms with van der Waals surface area (Å²) >= 11 is 1.43. The number of hydrogen-bond acceptors (Lipinski definition) is 5. The number of hydrogen-bond donors (Lipinski definition) is 1. The van der Waals surface area contributed by atoms with Crippen LogP contribution < -0.4 is 15.4 Å². The molecule has 6 heteroatoms. The van der Waals surface area contributed by atoms with E-state index in [1.165, 1.54) is 36.3 Å². The third kappa shape index (κ3) is 3.11. The number of rotatable bonds is 5. The summed E-state index contributed by atoms with van der Waals surface area (Å²) in [6.45, 7) is 2.27. The first-order valence-electron chi connectivity index (χ1n) is 8.96. The van der Waals surface area contributed by atoms with E-state index in [1.54, 1.807) is 6.20 Å². The Kier molecular flexibility index (Phi) is 4.37. The molecule has 2 N–H and O–H groups in total. The number of primary amides is 1. The van der Waals surface area contributed by atoms with Gasteiger partial charge in [0.2, 0.25) is 11.0 Å². The first-order chi connectivity index (χ1) is 12.2. The van der Waals surface area contributed by atoms with Gasteiger partial charge in [0.15, 0.2) is 0 Å². The lowest BCUT2D eigenvalue weighted by Crippen LogP contribution is -2.46. The average molecular weight is 357 g/mol. The van der Waals surface area contributed by atoms with Gasteiger partial charge in [-0.25, -0.2) is 4.98 Å². The van der Waals surface area contributed by atoms with Crippen molar-refractivity contribution >= 4 is 22.9 Å². The first kappa shape index (κ1) is 16.4. The Balaban J connectivity index is 1.45. The maximum Gasteiger partial charge on any atom is 0.230 e. The number of carbonyl (C=O) groups excluding carboxylic acids is 1. The second-order valence-electron chi connectivity index (χ2n) is 6.93. The van der Waals surface area contributed by atoms with Crippen LogP contribution in [0, 0.1) is 0 Å². The zero-order chi connectivity index (χ0) is 17.3. The summed E-state index contributed by atoms with van der Waals surface area (Å²) in [5.41, 5.74) is 6.28. The predicted molar refractivity (Wildman–Crippen MR) is 99.4 cm³/mol. The van der Waals surface area contributed by atoms with Crippen LogP contribution in [-0.4, -0.2) is 24.0 Å². The van der Waals surface area contributed by atoms with Crippen molar-refractivity contribution in [2.24, 2.45) is 5.73 Å². The summed E-state index contributed by atoms with van der Waals surface area (Å²) in [4.78, 5) is 18.6. The quantitative estimate of drug-likeness (QED) is 0.883. The zero-order valence-electron chi connectivity index (χ0n) is 14.2. The van der Waals surface area contributed by atoms with Gasteiger partial charge in [0.05, 0.1) is 6.20 Å².